The fourth-order valence-corrected chi connectivity index (χ4v) is 2.24. The molecule has 0 aliphatic heterocycles. The van der Waals surface area contributed by atoms with E-state index in [2.05, 4.69) is 20.8 Å². The highest BCUT2D eigenvalue weighted by molar-refractivity contribution is 4.56. The molecule has 0 N–H and O–H groups in total. The Bertz CT molecular complexity index is 145. The fraction of sp³-hybridized carbons (Fsp3) is 0.941. The number of hydrogen-bond donors (Lipinski definition) is 0. The number of unbranched alkanes of at least 4 members (excludes halogenated alkanes) is 7. The Hall–Kier alpha value is -0.0400. The zero-order valence-corrected chi connectivity index (χ0v) is 12.9. The highest BCUT2D eigenvalue weighted by Gasteiger charge is 2.05. The third-order valence-corrected chi connectivity index (χ3v) is 3.69. The first-order valence-electron chi connectivity index (χ1n) is 8.22. The Labute approximate surface area is 116 Å². The lowest BCUT2D eigenvalue weighted by atomic mass is 10.0. The maximum atomic E-state index is 5.80. The van der Waals surface area contributed by atoms with Gasteiger partial charge in [0.05, 0.1) is 0 Å². The molecule has 1 radical (unpaired) electrons. The molecule has 0 spiro atoms. The van der Waals surface area contributed by atoms with Gasteiger partial charge in [-0.1, -0.05) is 78.6 Å². The molecule has 0 aliphatic rings. The van der Waals surface area contributed by atoms with Crippen molar-refractivity contribution in [3.63, 3.8) is 0 Å². The van der Waals surface area contributed by atoms with Crippen LogP contribution in [0.25, 0.3) is 0 Å². The fourth-order valence-electron chi connectivity index (χ4n) is 2.24. The zero-order chi connectivity index (χ0) is 13.5. The number of hydrogen-bond acceptors (Lipinski definition) is 1. The Morgan fingerprint density at radius 1 is 0.889 bits per heavy atom. The summed E-state index contributed by atoms with van der Waals surface area (Å²) in [5, 5.41) is 0. The van der Waals surface area contributed by atoms with Gasteiger partial charge in [-0.2, -0.15) is 0 Å². The van der Waals surface area contributed by atoms with E-state index in [-0.39, 0.29) is 0 Å². The van der Waals surface area contributed by atoms with Crippen molar-refractivity contribution in [1.29, 1.82) is 0 Å². The predicted molar refractivity (Wildman–Crippen MR) is 81.8 cm³/mol. The Balaban J connectivity index is 3.17. The van der Waals surface area contributed by atoms with Crippen LogP contribution in [-0.4, -0.2) is 13.2 Å². The van der Waals surface area contributed by atoms with E-state index in [0.29, 0.717) is 0 Å². The van der Waals surface area contributed by atoms with E-state index in [1.54, 1.807) is 0 Å². The molecular weight excluding hydrogens is 220 g/mol. The van der Waals surface area contributed by atoms with Crippen LogP contribution in [0.3, 0.4) is 0 Å². The zero-order valence-electron chi connectivity index (χ0n) is 12.9. The van der Waals surface area contributed by atoms with Crippen molar-refractivity contribution in [2.45, 2.75) is 84.5 Å². The van der Waals surface area contributed by atoms with Gasteiger partial charge in [0.2, 0.25) is 0 Å². The minimum Gasteiger partial charge on any atom is -0.381 e. The minimum atomic E-state index is 0.794. The first kappa shape index (κ1) is 18.0. The van der Waals surface area contributed by atoms with Crippen LogP contribution in [0.5, 0.6) is 0 Å². The second kappa shape index (κ2) is 15.0. The Kier molecular flexibility index (Phi) is 15.0. The lowest BCUT2D eigenvalue weighted by Crippen LogP contribution is -2.09. The van der Waals surface area contributed by atoms with E-state index < -0.39 is 0 Å². The summed E-state index contributed by atoms with van der Waals surface area (Å²) < 4.78 is 5.80. The highest BCUT2D eigenvalue weighted by Crippen LogP contribution is 2.13. The molecule has 0 aromatic carbocycles. The van der Waals surface area contributed by atoms with Crippen LogP contribution in [0.2, 0.25) is 0 Å². The van der Waals surface area contributed by atoms with Crippen molar-refractivity contribution < 1.29 is 4.74 Å². The van der Waals surface area contributed by atoms with Crippen LogP contribution >= 0.6 is 0 Å². The van der Waals surface area contributed by atoms with Crippen LogP contribution < -0.4 is 0 Å². The molecule has 0 saturated carbocycles. The summed E-state index contributed by atoms with van der Waals surface area (Å²) in [5.41, 5.74) is 0. The molecule has 0 rings (SSSR count). The first-order chi connectivity index (χ1) is 8.85. The SMILES string of the molecule is [CH2]CCCCCCCCOCC(CC)CCCC. The number of rotatable bonds is 14. The van der Waals surface area contributed by atoms with Gasteiger partial charge in [-0.25, -0.2) is 0 Å². The van der Waals surface area contributed by atoms with Gasteiger partial charge >= 0.3 is 0 Å². The highest BCUT2D eigenvalue weighted by atomic mass is 16.5. The Morgan fingerprint density at radius 2 is 1.56 bits per heavy atom. The van der Waals surface area contributed by atoms with Crippen LogP contribution in [0.15, 0.2) is 0 Å². The summed E-state index contributed by atoms with van der Waals surface area (Å²) in [7, 11) is 0. The van der Waals surface area contributed by atoms with Crippen LogP contribution in [0, 0.1) is 12.8 Å². The number of ether oxygens (including phenoxy) is 1. The standard InChI is InChI=1S/C17H35O/c1-4-7-9-10-11-12-13-15-18-16-17(6-3)14-8-5-2/h17H,1,4-16H2,2-3H3. The van der Waals surface area contributed by atoms with Crippen LogP contribution in [0.4, 0.5) is 0 Å². The normalized spacial score (nSPS) is 12.8. The average molecular weight is 255 g/mol. The summed E-state index contributed by atoms with van der Waals surface area (Å²) in [5.74, 6) is 0.794. The summed E-state index contributed by atoms with van der Waals surface area (Å²) in [6, 6.07) is 0. The molecule has 1 atom stereocenters. The third-order valence-electron chi connectivity index (χ3n) is 3.69. The second-order valence-corrected chi connectivity index (χ2v) is 5.47. The third kappa shape index (κ3) is 12.4. The van der Waals surface area contributed by atoms with Crippen molar-refractivity contribution in [1.82, 2.24) is 0 Å². The molecule has 0 aromatic heterocycles. The molecule has 109 valence electrons. The van der Waals surface area contributed by atoms with Crippen molar-refractivity contribution >= 4 is 0 Å². The van der Waals surface area contributed by atoms with E-state index in [0.717, 1.165) is 25.6 Å². The van der Waals surface area contributed by atoms with Crippen LogP contribution in [-0.2, 0) is 4.74 Å². The molecule has 0 saturated heterocycles. The maximum absolute atomic E-state index is 5.80. The second-order valence-electron chi connectivity index (χ2n) is 5.47. The van der Waals surface area contributed by atoms with Gasteiger partial charge in [0.1, 0.15) is 0 Å². The molecule has 0 heterocycles. The van der Waals surface area contributed by atoms with E-state index in [1.807, 2.05) is 0 Å². The molecule has 18 heavy (non-hydrogen) atoms. The predicted octanol–water partition coefficient (Wildman–Crippen LogP) is 5.78. The summed E-state index contributed by atoms with van der Waals surface area (Å²) in [6.45, 7) is 10.4. The molecule has 0 fully saturated rings. The lowest BCUT2D eigenvalue weighted by molar-refractivity contribution is 0.0908. The van der Waals surface area contributed by atoms with Crippen molar-refractivity contribution in [3.05, 3.63) is 6.92 Å². The van der Waals surface area contributed by atoms with Gasteiger partial charge < -0.3 is 4.74 Å². The summed E-state index contributed by atoms with van der Waals surface area (Å²) >= 11 is 0. The largest absolute Gasteiger partial charge is 0.381 e. The van der Waals surface area contributed by atoms with Crippen molar-refractivity contribution in [2.24, 2.45) is 5.92 Å². The van der Waals surface area contributed by atoms with E-state index in [9.17, 15) is 0 Å². The minimum absolute atomic E-state index is 0.794. The van der Waals surface area contributed by atoms with Gasteiger partial charge in [0.15, 0.2) is 0 Å². The van der Waals surface area contributed by atoms with Gasteiger partial charge in [-0.3, -0.25) is 0 Å². The summed E-state index contributed by atoms with van der Waals surface area (Å²) in [4.78, 5) is 0. The Morgan fingerprint density at radius 3 is 2.17 bits per heavy atom. The van der Waals surface area contributed by atoms with Gasteiger partial charge in [0, 0.05) is 13.2 Å². The average Bonchev–Trinajstić information content (AvgIpc) is 2.40. The molecule has 0 bridgehead atoms. The molecular formula is C17H35O. The molecule has 0 amide bonds. The van der Waals surface area contributed by atoms with Crippen LogP contribution in [0.1, 0.15) is 84.5 Å². The summed E-state index contributed by atoms with van der Waals surface area (Å²) in [6.07, 6.45) is 14.4. The topological polar surface area (TPSA) is 9.23 Å². The van der Waals surface area contributed by atoms with E-state index in [4.69, 9.17) is 4.74 Å². The van der Waals surface area contributed by atoms with Gasteiger partial charge in [-0.15, -0.1) is 0 Å². The van der Waals surface area contributed by atoms with E-state index in [1.165, 1.54) is 64.2 Å². The quantitative estimate of drug-likeness (QED) is 0.357. The first-order valence-corrected chi connectivity index (χ1v) is 8.22. The van der Waals surface area contributed by atoms with E-state index >= 15 is 0 Å². The molecule has 1 heteroatoms. The maximum Gasteiger partial charge on any atom is 0.0494 e. The van der Waals surface area contributed by atoms with Crippen molar-refractivity contribution in [2.75, 3.05) is 13.2 Å². The molecule has 1 unspecified atom stereocenters. The molecule has 0 aliphatic carbocycles. The molecule has 0 aromatic rings. The molecule has 1 nitrogen and oxygen atoms in total. The van der Waals surface area contributed by atoms with Gasteiger partial charge in [-0.05, 0) is 18.8 Å². The monoisotopic (exact) mass is 255 g/mol. The van der Waals surface area contributed by atoms with Crippen molar-refractivity contribution in [3.8, 4) is 0 Å². The lowest BCUT2D eigenvalue weighted by Gasteiger charge is -2.14. The van der Waals surface area contributed by atoms with Gasteiger partial charge in [0.25, 0.3) is 0 Å². The smallest absolute Gasteiger partial charge is 0.0494 e.